The van der Waals surface area contributed by atoms with Crippen LogP contribution < -0.4 is 10.9 Å². The first-order chi connectivity index (χ1) is 17.0. The summed E-state index contributed by atoms with van der Waals surface area (Å²) in [5, 5.41) is 19.5. The standard InChI is InChI=1S/C27H36FN5O2/c1-2-15-11-18(34)3-4-20(15)21-5-6-22-25(24(21)28)31-32-26(22)27-29-14-23(30-27)16-7-9-33(10-8-16)17-12-19(35)13-17/h3-4,7,11,14,17,19,21-22,24-26,31-32,34-35H,2,5-6,8-10,12-13H2,1H3,(H,29,30). The number of nitrogens with one attached hydrogen (secondary N) is 3. The van der Waals surface area contributed by atoms with Gasteiger partial charge in [-0.1, -0.05) is 19.1 Å². The molecule has 8 heteroatoms. The molecule has 3 heterocycles. The van der Waals surface area contributed by atoms with Crippen molar-refractivity contribution in [2.24, 2.45) is 5.92 Å². The highest BCUT2D eigenvalue weighted by Gasteiger charge is 2.48. The lowest BCUT2D eigenvalue weighted by molar-refractivity contribution is 0.00596. The van der Waals surface area contributed by atoms with E-state index >= 15 is 4.39 Å². The zero-order chi connectivity index (χ0) is 24.1. The van der Waals surface area contributed by atoms with Gasteiger partial charge in [0.2, 0.25) is 0 Å². The molecule has 7 nitrogen and oxygen atoms in total. The molecule has 1 aromatic carbocycles. The predicted octanol–water partition coefficient (Wildman–Crippen LogP) is 3.34. The number of hydrogen-bond acceptors (Lipinski definition) is 6. The van der Waals surface area contributed by atoms with Crippen LogP contribution in [0.1, 0.15) is 73.6 Å². The fourth-order valence-electron chi connectivity index (χ4n) is 6.69. The van der Waals surface area contributed by atoms with Gasteiger partial charge in [0.05, 0.1) is 30.1 Å². The number of imidazole rings is 1. The molecule has 6 rings (SSSR count). The van der Waals surface area contributed by atoms with Gasteiger partial charge in [0.15, 0.2) is 0 Å². The fourth-order valence-corrected chi connectivity index (χ4v) is 6.69. The maximum atomic E-state index is 15.8. The summed E-state index contributed by atoms with van der Waals surface area (Å²) in [6.07, 6.45) is 8.29. The lowest BCUT2D eigenvalue weighted by atomic mass is 9.71. The molecular weight excluding hydrogens is 445 g/mol. The molecule has 2 aliphatic heterocycles. The average molecular weight is 482 g/mol. The topological polar surface area (TPSA) is 96.4 Å². The molecule has 5 unspecified atom stereocenters. The van der Waals surface area contributed by atoms with E-state index in [1.54, 1.807) is 12.1 Å². The molecule has 0 spiro atoms. The number of fused-ring (bicyclic) bond motifs is 1. The largest absolute Gasteiger partial charge is 0.508 e. The maximum Gasteiger partial charge on any atom is 0.125 e. The van der Waals surface area contributed by atoms with Gasteiger partial charge < -0.3 is 15.2 Å². The molecule has 1 aromatic heterocycles. The van der Waals surface area contributed by atoms with Crippen molar-refractivity contribution in [3.8, 4) is 5.75 Å². The predicted molar refractivity (Wildman–Crippen MR) is 132 cm³/mol. The van der Waals surface area contributed by atoms with Crippen LogP contribution in [0, 0.1) is 5.92 Å². The minimum absolute atomic E-state index is 0.0458. The van der Waals surface area contributed by atoms with E-state index in [0.717, 1.165) is 74.3 Å². The highest BCUT2D eigenvalue weighted by molar-refractivity contribution is 5.63. The van der Waals surface area contributed by atoms with E-state index in [4.69, 9.17) is 4.98 Å². The van der Waals surface area contributed by atoms with Crippen molar-refractivity contribution in [2.45, 2.75) is 81.8 Å². The number of alkyl halides is 1. The molecule has 2 aliphatic carbocycles. The van der Waals surface area contributed by atoms with Crippen molar-refractivity contribution < 1.29 is 14.6 Å². The quantitative estimate of drug-likeness (QED) is 0.450. The Morgan fingerprint density at radius 3 is 2.80 bits per heavy atom. The Bertz CT molecular complexity index is 1100. The molecule has 0 amide bonds. The number of phenols is 1. The number of halogens is 1. The zero-order valence-corrected chi connectivity index (χ0v) is 20.3. The molecule has 0 bridgehead atoms. The number of rotatable bonds is 5. The van der Waals surface area contributed by atoms with Crippen LogP contribution >= 0.6 is 0 Å². The van der Waals surface area contributed by atoms with E-state index in [9.17, 15) is 10.2 Å². The lowest BCUT2D eigenvalue weighted by Gasteiger charge is -2.41. The van der Waals surface area contributed by atoms with Gasteiger partial charge in [0.25, 0.3) is 0 Å². The number of aromatic nitrogens is 2. The monoisotopic (exact) mass is 481 g/mol. The van der Waals surface area contributed by atoms with Gasteiger partial charge in [0.1, 0.15) is 17.7 Å². The maximum absolute atomic E-state index is 15.8. The summed E-state index contributed by atoms with van der Waals surface area (Å²) < 4.78 is 15.8. The highest BCUT2D eigenvalue weighted by atomic mass is 19.1. The van der Waals surface area contributed by atoms with Crippen molar-refractivity contribution >= 4 is 5.57 Å². The summed E-state index contributed by atoms with van der Waals surface area (Å²) in [7, 11) is 0. The zero-order valence-electron chi connectivity index (χ0n) is 20.3. The van der Waals surface area contributed by atoms with E-state index in [2.05, 4.69) is 26.8 Å². The molecule has 4 aliphatic rings. The van der Waals surface area contributed by atoms with Crippen LogP contribution in [0.4, 0.5) is 4.39 Å². The molecule has 2 aromatic rings. The van der Waals surface area contributed by atoms with E-state index < -0.39 is 6.17 Å². The van der Waals surface area contributed by atoms with Gasteiger partial charge in [-0.2, -0.15) is 0 Å². The molecule has 5 N–H and O–H groups in total. The first-order valence-electron chi connectivity index (χ1n) is 13.1. The first kappa shape index (κ1) is 23.2. The number of phenolic OH excluding ortho intramolecular Hbond substituents is 1. The van der Waals surface area contributed by atoms with Crippen molar-refractivity contribution in [3.05, 3.63) is 53.1 Å². The summed E-state index contributed by atoms with van der Waals surface area (Å²) in [5.74, 6) is 1.07. The summed E-state index contributed by atoms with van der Waals surface area (Å²) in [5.41, 5.74) is 11.0. The van der Waals surface area contributed by atoms with Crippen LogP contribution in [0.5, 0.6) is 5.75 Å². The Morgan fingerprint density at radius 2 is 2.06 bits per heavy atom. The minimum atomic E-state index is -1.01. The van der Waals surface area contributed by atoms with Crippen LogP contribution in [-0.4, -0.2) is 62.5 Å². The van der Waals surface area contributed by atoms with Crippen molar-refractivity contribution in [1.82, 2.24) is 25.7 Å². The van der Waals surface area contributed by atoms with Crippen LogP contribution in [-0.2, 0) is 6.42 Å². The second-order valence-electron chi connectivity index (χ2n) is 10.8. The highest BCUT2D eigenvalue weighted by Crippen LogP contribution is 2.45. The number of hydrazine groups is 1. The van der Waals surface area contributed by atoms with Gasteiger partial charge in [-0.05, 0) is 67.4 Å². The van der Waals surface area contributed by atoms with Gasteiger partial charge in [-0.15, -0.1) is 0 Å². The number of H-pyrrole nitrogens is 1. The van der Waals surface area contributed by atoms with Crippen molar-refractivity contribution in [2.75, 3.05) is 13.1 Å². The SMILES string of the molecule is CCc1cc(O)ccc1C1CCC2C(c3ncc(C4=CCN(C5CC(O)C5)CC4)[nH]3)NNC2C1F. The third kappa shape index (κ3) is 4.20. The lowest BCUT2D eigenvalue weighted by Crippen LogP contribution is -2.48. The van der Waals surface area contributed by atoms with E-state index in [1.165, 1.54) is 5.57 Å². The van der Waals surface area contributed by atoms with Crippen molar-refractivity contribution in [1.29, 1.82) is 0 Å². The van der Waals surface area contributed by atoms with Crippen LogP contribution in [0.2, 0.25) is 0 Å². The summed E-state index contributed by atoms with van der Waals surface area (Å²) in [4.78, 5) is 10.7. The Balaban J connectivity index is 1.13. The summed E-state index contributed by atoms with van der Waals surface area (Å²) in [6, 6.07) is 5.55. The molecule has 2 saturated carbocycles. The Hall–Kier alpha value is -2.26. The van der Waals surface area contributed by atoms with E-state index in [-0.39, 0.29) is 35.8 Å². The molecule has 1 saturated heterocycles. The van der Waals surface area contributed by atoms with Crippen molar-refractivity contribution in [3.63, 3.8) is 0 Å². The number of benzene rings is 1. The molecular formula is C27H36FN5O2. The average Bonchev–Trinajstić information content (AvgIpc) is 3.50. The number of aromatic hydroxyl groups is 1. The van der Waals surface area contributed by atoms with Gasteiger partial charge in [-0.3, -0.25) is 10.3 Å². The number of aliphatic hydroxyl groups is 1. The summed E-state index contributed by atoms with van der Waals surface area (Å²) >= 11 is 0. The van der Waals surface area contributed by atoms with Crippen LogP contribution in [0.25, 0.3) is 5.57 Å². The van der Waals surface area contributed by atoms with Gasteiger partial charge in [-0.25, -0.2) is 14.8 Å². The molecule has 3 fully saturated rings. The number of aliphatic hydroxyl groups excluding tert-OH is 1. The second kappa shape index (κ2) is 9.32. The molecule has 188 valence electrons. The third-order valence-electron chi connectivity index (χ3n) is 8.82. The smallest absolute Gasteiger partial charge is 0.125 e. The second-order valence-corrected chi connectivity index (χ2v) is 10.8. The number of aryl methyl sites for hydroxylation is 1. The Morgan fingerprint density at radius 1 is 1.20 bits per heavy atom. The number of hydrogen-bond donors (Lipinski definition) is 5. The number of aromatic amines is 1. The Kier molecular flexibility index (Phi) is 6.16. The van der Waals surface area contributed by atoms with Crippen LogP contribution in [0.15, 0.2) is 30.5 Å². The normalized spacial score (nSPS) is 35.4. The molecule has 35 heavy (non-hydrogen) atoms. The third-order valence-corrected chi connectivity index (χ3v) is 8.82. The number of nitrogens with zero attached hydrogens (tertiary/aromatic N) is 2. The fraction of sp³-hybridized carbons (Fsp3) is 0.593. The van der Waals surface area contributed by atoms with E-state index in [0.29, 0.717) is 6.04 Å². The molecule has 5 atom stereocenters. The summed E-state index contributed by atoms with van der Waals surface area (Å²) in [6.45, 7) is 3.97. The van der Waals surface area contributed by atoms with Gasteiger partial charge in [0, 0.05) is 31.0 Å². The molecule has 0 radical (unpaired) electrons. The minimum Gasteiger partial charge on any atom is -0.508 e. The first-order valence-corrected chi connectivity index (χ1v) is 13.1. The van der Waals surface area contributed by atoms with E-state index in [1.807, 2.05) is 19.2 Å². The Labute approximate surface area is 205 Å². The van der Waals surface area contributed by atoms with Gasteiger partial charge >= 0.3 is 0 Å². The van der Waals surface area contributed by atoms with Crippen LogP contribution in [0.3, 0.4) is 0 Å².